The number of carbonyl (C=O) groups is 1. The molecule has 21 heavy (non-hydrogen) atoms. The zero-order valence-electron chi connectivity index (χ0n) is 12.0. The van der Waals surface area contributed by atoms with Crippen molar-refractivity contribution >= 4 is 11.7 Å². The van der Waals surface area contributed by atoms with E-state index in [9.17, 15) is 4.79 Å². The van der Waals surface area contributed by atoms with Gasteiger partial charge >= 0.3 is 5.97 Å². The molecule has 0 saturated carbocycles. The van der Waals surface area contributed by atoms with Gasteiger partial charge in [-0.15, -0.1) is 0 Å². The van der Waals surface area contributed by atoms with Crippen LogP contribution in [0.15, 0.2) is 42.8 Å². The van der Waals surface area contributed by atoms with Crippen LogP contribution in [0.1, 0.15) is 19.4 Å². The minimum Gasteiger partial charge on any atom is -0.482 e. The third-order valence-electron chi connectivity index (χ3n) is 3.17. The smallest absolute Gasteiger partial charge is 0.302 e. The van der Waals surface area contributed by atoms with E-state index in [2.05, 4.69) is 13.2 Å². The van der Waals surface area contributed by atoms with Gasteiger partial charge in [-0.1, -0.05) is 19.2 Å². The van der Waals surface area contributed by atoms with Crippen molar-refractivity contribution in [3.63, 3.8) is 0 Å². The molecule has 0 aliphatic carbocycles. The summed E-state index contributed by atoms with van der Waals surface area (Å²) in [6.45, 7) is 11.1. The molecule has 1 aromatic rings. The number of carbonyl (C=O) groups excluding carboxylic acids is 1. The molecule has 0 amide bonds. The van der Waals surface area contributed by atoms with Gasteiger partial charge in [-0.25, -0.2) is 0 Å². The normalized spacial score (nSPS) is 16.5. The van der Waals surface area contributed by atoms with Crippen LogP contribution in [0.4, 0.5) is 5.69 Å². The number of hydrogen-bond acceptors (Lipinski definition) is 5. The Hall–Kier alpha value is -2.74. The predicted octanol–water partition coefficient (Wildman–Crippen LogP) is 2.89. The van der Waals surface area contributed by atoms with E-state index in [1.807, 2.05) is 19.1 Å². The molecule has 0 N–H and O–H groups in total. The maximum absolute atomic E-state index is 10.9. The van der Waals surface area contributed by atoms with Crippen molar-refractivity contribution in [1.82, 2.24) is 0 Å². The number of nitriles is 1. The maximum Gasteiger partial charge on any atom is 0.302 e. The fraction of sp³-hybridized carbons (Fsp3) is 0.250. The van der Waals surface area contributed by atoms with Gasteiger partial charge in [-0.2, -0.15) is 5.26 Å². The van der Waals surface area contributed by atoms with E-state index in [0.29, 0.717) is 17.1 Å². The van der Waals surface area contributed by atoms with E-state index in [-0.39, 0.29) is 24.4 Å². The van der Waals surface area contributed by atoms with Gasteiger partial charge in [0.15, 0.2) is 0 Å². The van der Waals surface area contributed by atoms with Crippen LogP contribution in [0.3, 0.4) is 0 Å². The summed E-state index contributed by atoms with van der Waals surface area (Å²) < 4.78 is 10.8. The molecule has 0 aromatic heterocycles. The summed E-state index contributed by atoms with van der Waals surface area (Å²) in [6.07, 6.45) is -0.272. The van der Waals surface area contributed by atoms with E-state index in [1.165, 1.54) is 6.92 Å². The molecule has 1 unspecified atom stereocenters. The predicted molar refractivity (Wildman–Crippen MR) is 78.4 cm³/mol. The first-order valence-electron chi connectivity index (χ1n) is 6.45. The van der Waals surface area contributed by atoms with Crippen molar-refractivity contribution in [2.45, 2.75) is 26.6 Å². The van der Waals surface area contributed by atoms with Gasteiger partial charge in [0.05, 0.1) is 11.4 Å². The summed E-state index contributed by atoms with van der Waals surface area (Å²) in [5.41, 5.74) is 2.45. The Labute approximate surface area is 123 Å². The number of nitrogens with zero attached hydrogens (tertiary/aromatic N) is 2. The first-order valence-corrected chi connectivity index (χ1v) is 6.45. The van der Waals surface area contributed by atoms with Crippen LogP contribution < -0.4 is 9.64 Å². The van der Waals surface area contributed by atoms with Crippen LogP contribution in [0.2, 0.25) is 0 Å². The molecule has 1 aliphatic rings. The van der Waals surface area contributed by atoms with Crippen molar-refractivity contribution in [3.05, 3.63) is 48.3 Å². The lowest BCUT2D eigenvalue weighted by Crippen LogP contribution is -2.34. The highest BCUT2D eigenvalue weighted by Crippen LogP contribution is 2.40. The molecule has 0 spiro atoms. The maximum atomic E-state index is 10.9. The second-order valence-electron chi connectivity index (χ2n) is 4.73. The van der Waals surface area contributed by atoms with Gasteiger partial charge < -0.3 is 9.47 Å². The minimum atomic E-state index is -0.338. The van der Waals surface area contributed by atoms with Gasteiger partial charge in [0.1, 0.15) is 30.2 Å². The number of benzene rings is 1. The molecule has 2 rings (SSSR count). The van der Waals surface area contributed by atoms with Crippen LogP contribution in [0.5, 0.6) is 5.75 Å². The van der Waals surface area contributed by atoms with E-state index < -0.39 is 0 Å². The lowest BCUT2D eigenvalue weighted by molar-refractivity contribution is -0.142. The number of esters is 1. The summed E-state index contributed by atoms with van der Waals surface area (Å²) in [5, 5.41) is 9.09. The van der Waals surface area contributed by atoms with Crippen LogP contribution in [-0.2, 0) is 16.1 Å². The highest BCUT2D eigenvalue weighted by molar-refractivity contribution is 5.71. The molecular weight excluding hydrogens is 268 g/mol. The average Bonchev–Trinajstić information content (AvgIpc) is 2.45. The van der Waals surface area contributed by atoms with E-state index in [1.54, 1.807) is 17.0 Å². The van der Waals surface area contributed by atoms with Gasteiger partial charge in [-0.3, -0.25) is 9.69 Å². The van der Waals surface area contributed by atoms with Crippen LogP contribution >= 0.6 is 0 Å². The summed E-state index contributed by atoms with van der Waals surface area (Å²) in [5.74, 6) is 0.269. The Morgan fingerprint density at radius 2 is 2.29 bits per heavy atom. The zero-order valence-corrected chi connectivity index (χ0v) is 12.0. The van der Waals surface area contributed by atoms with Gasteiger partial charge in [0.25, 0.3) is 0 Å². The molecule has 1 atom stereocenters. The molecular formula is C16H16N2O3. The summed E-state index contributed by atoms with van der Waals surface area (Å²) in [6, 6.07) is 7.43. The van der Waals surface area contributed by atoms with Crippen molar-refractivity contribution in [1.29, 1.82) is 5.26 Å². The monoisotopic (exact) mass is 284 g/mol. The molecule has 0 bridgehead atoms. The molecule has 1 aromatic carbocycles. The summed E-state index contributed by atoms with van der Waals surface area (Å²) >= 11 is 0. The molecule has 0 radical (unpaired) electrons. The topological polar surface area (TPSA) is 62.6 Å². The molecule has 1 aliphatic heterocycles. The molecule has 1 heterocycles. The number of hydrogen-bond donors (Lipinski definition) is 0. The first kappa shape index (κ1) is 14.7. The third kappa shape index (κ3) is 2.90. The second kappa shape index (κ2) is 5.71. The zero-order chi connectivity index (χ0) is 15.6. The molecule has 108 valence electrons. The van der Waals surface area contributed by atoms with Crippen LogP contribution in [0, 0.1) is 11.3 Å². The van der Waals surface area contributed by atoms with E-state index in [0.717, 1.165) is 5.56 Å². The summed E-state index contributed by atoms with van der Waals surface area (Å²) in [4.78, 5) is 12.5. The number of fused-ring (bicyclic) bond motifs is 1. The van der Waals surface area contributed by atoms with Crippen LogP contribution in [-0.4, -0.2) is 12.1 Å². The Morgan fingerprint density at radius 1 is 1.57 bits per heavy atom. The van der Waals surface area contributed by atoms with Crippen molar-refractivity contribution in [2.24, 2.45) is 0 Å². The molecule has 5 nitrogen and oxygen atoms in total. The molecule has 5 heteroatoms. The fourth-order valence-corrected chi connectivity index (χ4v) is 2.08. The standard InChI is InChI=1S/C16H16N2O3/c1-10(8-17)18-11(2)12(3)21-16-7-14(5-6-15(16)18)9-20-13(4)19/h5-7,12H,1-2,9H2,3-4H3. The lowest BCUT2D eigenvalue weighted by Gasteiger charge is -2.36. The average molecular weight is 284 g/mol. The number of ether oxygens (including phenoxy) is 2. The SMILES string of the molecule is C=C(C#N)N1C(=C)C(C)Oc2cc(COC(C)=O)ccc21. The van der Waals surface area contributed by atoms with Gasteiger partial charge in [-0.05, 0) is 24.6 Å². The quantitative estimate of drug-likeness (QED) is 0.631. The highest BCUT2D eigenvalue weighted by Gasteiger charge is 2.28. The third-order valence-corrected chi connectivity index (χ3v) is 3.17. The second-order valence-corrected chi connectivity index (χ2v) is 4.73. The Balaban J connectivity index is 2.37. The number of rotatable bonds is 3. The van der Waals surface area contributed by atoms with Crippen LogP contribution in [0.25, 0.3) is 0 Å². The van der Waals surface area contributed by atoms with Gasteiger partial charge in [0.2, 0.25) is 0 Å². The van der Waals surface area contributed by atoms with E-state index >= 15 is 0 Å². The van der Waals surface area contributed by atoms with Crippen molar-refractivity contribution < 1.29 is 14.3 Å². The highest BCUT2D eigenvalue weighted by atomic mass is 16.5. The number of anilines is 1. The Morgan fingerprint density at radius 3 is 2.90 bits per heavy atom. The lowest BCUT2D eigenvalue weighted by atomic mass is 10.1. The minimum absolute atomic E-state index is 0.181. The fourth-order valence-electron chi connectivity index (χ4n) is 2.08. The summed E-state index contributed by atoms with van der Waals surface area (Å²) in [7, 11) is 0. The largest absolute Gasteiger partial charge is 0.482 e. The van der Waals surface area contributed by atoms with Gasteiger partial charge in [0, 0.05) is 6.92 Å². The van der Waals surface area contributed by atoms with Crippen molar-refractivity contribution in [2.75, 3.05) is 4.90 Å². The van der Waals surface area contributed by atoms with E-state index in [4.69, 9.17) is 14.7 Å². The Bertz CT molecular complexity index is 658. The Kier molecular flexibility index (Phi) is 3.99. The number of allylic oxidation sites excluding steroid dienone is 1. The first-order chi connectivity index (χ1) is 9.93. The molecule has 0 fully saturated rings. The van der Waals surface area contributed by atoms with Crippen molar-refractivity contribution in [3.8, 4) is 11.8 Å². The molecule has 0 saturated heterocycles.